The maximum atomic E-state index is 11.3. The third-order valence-corrected chi connectivity index (χ3v) is 3.52. The Hall–Kier alpha value is -1.20. The van der Waals surface area contributed by atoms with Crippen molar-refractivity contribution in [2.75, 3.05) is 13.3 Å². The number of thiophene rings is 1. The van der Waals surface area contributed by atoms with Crippen molar-refractivity contribution in [3.8, 4) is 0 Å². The highest BCUT2D eigenvalue weighted by atomic mass is 32.2. The van der Waals surface area contributed by atoms with Crippen molar-refractivity contribution in [2.45, 2.75) is 6.92 Å². The van der Waals surface area contributed by atoms with E-state index < -0.39 is 0 Å². The molecule has 3 nitrogen and oxygen atoms in total. The summed E-state index contributed by atoms with van der Waals surface area (Å²) in [5.74, 6) is -0.0382. The lowest BCUT2D eigenvalue weighted by Gasteiger charge is -1.92. The second-order valence-electron chi connectivity index (χ2n) is 3.15. The van der Waals surface area contributed by atoms with Gasteiger partial charge in [0.2, 0.25) is 0 Å². The molecule has 2 aromatic heterocycles. The van der Waals surface area contributed by atoms with Crippen LogP contribution < -0.4 is 5.32 Å². The predicted octanol–water partition coefficient (Wildman–Crippen LogP) is 3.47. The number of fused-ring (bicyclic) bond motifs is 1. The number of rotatable bonds is 2. The van der Waals surface area contributed by atoms with Crippen LogP contribution in [0.3, 0.4) is 0 Å². The van der Waals surface area contributed by atoms with E-state index >= 15 is 0 Å². The first-order valence-electron chi connectivity index (χ1n) is 5.15. The zero-order chi connectivity index (χ0) is 12.7. The molecule has 0 saturated heterocycles. The van der Waals surface area contributed by atoms with E-state index in [4.69, 9.17) is 0 Å². The minimum atomic E-state index is -0.0382. The molecule has 0 radical (unpaired) electrons. The lowest BCUT2D eigenvalue weighted by Crippen LogP contribution is -2.16. The number of aromatic amines is 1. The molecule has 5 heteroatoms. The van der Waals surface area contributed by atoms with E-state index in [2.05, 4.69) is 10.3 Å². The molecule has 0 atom stereocenters. The first-order valence-corrected chi connectivity index (χ1v) is 7.32. The molecule has 0 unspecified atom stereocenters. The Morgan fingerprint density at radius 3 is 2.88 bits per heavy atom. The van der Waals surface area contributed by atoms with Crippen LogP contribution >= 0.6 is 23.1 Å². The molecule has 17 heavy (non-hydrogen) atoms. The number of hydrogen-bond acceptors (Lipinski definition) is 3. The highest BCUT2D eigenvalue weighted by Gasteiger charge is 2.10. The van der Waals surface area contributed by atoms with Crippen LogP contribution in [-0.2, 0) is 0 Å². The van der Waals surface area contributed by atoms with Crippen molar-refractivity contribution >= 4 is 39.2 Å². The van der Waals surface area contributed by atoms with Gasteiger partial charge >= 0.3 is 0 Å². The average Bonchev–Trinajstić information content (AvgIpc) is 2.91. The first kappa shape index (κ1) is 13.9. The van der Waals surface area contributed by atoms with Crippen LogP contribution in [0.2, 0.25) is 0 Å². The number of allylic oxidation sites excluding steroid dienone is 1. The third kappa shape index (κ3) is 3.64. The number of carbonyl (C=O) groups excluding carboxylic acids is 1. The summed E-state index contributed by atoms with van der Waals surface area (Å²) in [5.41, 5.74) is 1.75. The summed E-state index contributed by atoms with van der Waals surface area (Å²) >= 11 is 3.29. The number of amides is 1. The van der Waals surface area contributed by atoms with Crippen LogP contribution in [0.25, 0.3) is 10.2 Å². The number of thioether (sulfide) groups is 1. The van der Waals surface area contributed by atoms with Gasteiger partial charge in [0.15, 0.2) is 0 Å². The Labute approximate surface area is 109 Å². The largest absolute Gasteiger partial charge is 0.360 e. The normalized spacial score (nSPS) is 10.3. The van der Waals surface area contributed by atoms with Crippen LogP contribution in [-0.4, -0.2) is 24.2 Å². The Bertz CT molecular complexity index is 499. The zero-order valence-electron chi connectivity index (χ0n) is 10.1. The Kier molecular flexibility index (Phi) is 5.86. The Morgan fingerprint density at radius 2 is 2.35 bits per heavy atom. The van der Waals surface area contributed by atoms with Gasteiger partial charge < -0.3 is 10.3 Å². The number of hydrogen-bond donors (Lipinski definition) is 2. The topological polar surface area (TPSA) is 44.9 Å². The van der Waals surface area contributed by atoms with E-state index in [0.717, 1.165) is 15.8 Å². The molecule has 0 bridgehead atoms. The molecule has 2 heterocycles. The second kappa shape index (κ2) is 7.19. The zero-order valence-corrected chi connectivity index (χ0v) is 11.7. The molecule has 0 spiro atoms. The minimum absolute atomic E-state index is 0.0382. The molecule has 2 N–H and O–H groups in total. The summed E-state index contributed by atoms with van der Waals surface area (Å²) in [5, 5.41) is 6.60. The maximum Gasteiger partial charge on any atom is 0.254 e. The lowest BCUT2D eigenvalue weighted by atomic mass is 10.3. The van der Waals surface area contributed by atoms with E-state index in [1.54, 1.807) is 36.3 Å². The molecular formula is C12H16N2OS2. The molecule has 0 fully saturated rings. The number of nitrogens with one attached hydrogen (secondary N) is 2. The van der Waals surface area contributed by atoms with Crippen molar-refractivity contribution < 1.29 is 4.79 Å². The summed E-state index contributed by atoms with van der Waals surface area (Å²) in [6, 6.07) is 1.96. The van der Waals surface area contributed by atoms with Crippen LogP contribution in [0.5, 0.6) is 0 Å². The summed E-state index contributed by atoms with van der Waals surface area (Å²) in [6.45, 7) is 2.01. The van der Waals surface area contributed by atoms with Gasteiger partial charge in [-0.3, -0.25) is 4.79 Å². The molecule has 0 aliphatic rings. The molecule has 92 valence electrons. The molecular weight excluding hydrogens is 252 g/mol. The summed E-state index contributed by atoms with van der Waals surface area (Å²) in [4.78, 5) is 14.3. The van der Waals surface area contributed by atoms with Crippen molar-refractivity contribution in [1.82, 2.24) is 10.3 Å². The Morgan fingerprint density at radius 1 is 1.59 bits per heavy atom. The molecule has 0 aliphatic heterocycles. The highest BCUT2D eigenvalue weighted by molar-refractivity contribution is 8.01. The van der Waals surface area contributed by atoms with E-state index in [1.165, 1.54) is 0 Å². The molecule has 2 aromatic rings. The average molecular weight is 268 g/mol. The number of H-pyrrole nitrogens is 1. The monoisotopic (exact) mass is 268 g/mol. The fraction of sp³-hybridized carbons (Fsp3) is 0.250. The van der Waals surface area contributed by atoms with Crippen molar-refractivity contribution in [3.63, 3.8) is 0 Å². The van der Waals surface area contributed by atoms with Crippen LogP contribution in [0.4, 0.5) is 0 Å². The number of aromatic nitrogens is 1. The molecule has 0 saturated carbocycles. The predicted molar refractivity (Wildman–Crippen MR) is 77.9 cm³/mol. The van der Waals surface area contributed by atoms with Crippen molar-refractivity contribution in [3.05, 3.63) is 34.7 Å². The van der Waals surface area contributed by atoms with Gasteiger partial charge in [-0.1, -0.05) is 6.08 Å². The van der Waals surface area contributed by atoms with Crippen LogP contribution in [0.15, 0.2) is 29.1 Å². The van der Waals surface area contributed by atoms with E-state index in [-0.39, 0.29) is 5.91 Å². The van der Waals surface area contributed by atoms with Gasteiger partial charge in [-0.25, -0.2) is 0 Å². The Balaban J connectivity index is 0.000000249. The summed E-state index contributed by atoms with van der Waals surface area (Å²) in [6.07, 6.45) is 5.80. The second-order valence-corrected chi connectivity index (χ2v) is 4.81. The minimum Gasteiger partial charge on any atom is -0.360 e. The van der Waals surface area contributed by atoms with E-state index in [0.29, 0.717) is 0 Å². The van der Waals surface area contributed by atoms with Gasteiger partial charge in [0, 0.05) is 13.2 Å². The smallest absolute Gasteiger partial charge is 0.254 e. The van der Waals surface area contributed by atoms with Gasteiger partial charge in [0.05, 0.1) is 15.8 Å². The molecule has 0 aromatic carbocycles. The maximum absolute atomic E-state index is 11.3. The fourth-order valence-corrected chi connectivity index (χ4v) is 2.43. The van der Waals surface area contributed by atoms with Gasteiger partial charge in [0.25, 0.3) is 5.91 Å². The standard InChI is InChI=1S/C8H8N2OS.C4H8S/c1-9-8(11)5-4-10-6-2-3-12-7(5)6;1-3-4-5-2/h2-4,10H,1H3,(H,9,11);3-4H,1-2H3/b;4-3-. The van der Waals surface area contributed by atoms with Crippen LogP contribution in [0.1, 0.15) is 17.3 Å². The highest BCUT2D eigenvalue weighted by Crippen LogP contribution is 2.23. The molecule has 1 amide bonds. The van der Waals surface area contributed by atoms with Gasteiger partial charge in [0.1, 0.15) is 0 Å². The van der Waals surface area contributed by atoms with E-state index in [1.807, 2.05) is 36.1 Å². The van der Waals surface area contributed by atoms with Crippen molar-refractivity contribution in [1.29, 1.82) is 0 Å². The first-order chi connectivity index (χ1) is 8.24. The van der Waals surface area contributed by atoms with Gasteiger partial charge in [-0.15, -0.1) is 23.1 Å². The third-order valence-electron chi connectivity index (χ3n) is 2.03. The molecule has 0 aliphatic carbocycles. The van der Waals surface area contributed by atoms with Gasteiger partial charge in [-0.2, -0.15) is 0 Å². The lowest BCUT2D eigenvalue weighted by molar-refractivity contribution is 0.0965. The van der Waals surface area contributed by atoms with Crippen molar-refractivity contribution in [2.24, 2.45) is 0 Å². The fourth-order valence-electron chi connectivity index (χ4n) is 1.29. The number of carbonyl (C=O) groups is 1. The SMILES string of the molecule is C/C=C\SC.CNC(=O)c1c[nH]c2ccsc12. The quantitative estimate of drug-likeness (QED) is 0.876. The van der Waals surface area contributed by atoms with E-state index in [9.17, 15) is 4.79 Å². The molecule has 2 rings (SSSR count). The van der Waals surface area contributed by atoms with Gasteiger partial charge in [-0.05, 0) is 30.0 Å². The van der Waals surface area contributed by atoms with Crippen LogP contribution in [0, 0.1) is 0 Å². The summed E-state index contributed by atoms with van der Waals surface area (Å²) in [7, 11) is 1.63. The summed E-state index contributed by atoms with van der Waals surface area (Å²) < 4.78 is 1.02.